The fraction of sp³-hybridized carbons (Fsp3) is 0.294. The Hall–Kier alpha value is -2.01. The van der Waals surface area contributed by atoms with Crippen LogP contribution < -0.4 is 5.32 Å². The number of rotatable bonds is 2. The predicted octanol–water partition coefficient (Wildman–Crippen LogP) is 3.58. The van der Waals surface area contributed by atoms with Crippen molar-refractivity contribution in [3.8, 4) is 0 Å². The molecule has 1 fully saturated rings. The second kappa shape index (κ2) is 5.02. The Bertz CT molecular complexity index is 929. The highest BCUT2D eigenvalue weighted by molar-refractivity contribution is 7.91. The van der Waals surface area contributed by atoms with Crippen molar-refractivity contribution in [3.63, 3.8) is 0 Å². The van der Waals surface area contributed by atoms with E-state index in [1.54, 1.807) is 0 Å². The number of anilines is 1. The van der Waals surface area contributed by atoms with Crippen LogP contribution in [0.2, 0.25) is 0 Å². The van der Waals surface area contributed by atoms with Gasteiger partial charge in [-0.05, 0) is 37.1 Å². The third-order valence-electron chi connectivity index (χ3n) is 4.30. The fourth-order valence-corrected chi connectivity index (χ4v) is 4.58. The fourth-order valence-electron chi connectivity index (χ4n) is 3.09. The third-order valence-corrected chi connectivity index (χ3v) is 6.02. The molecule has 0 atom stereocenters. The van der Waals surface area contributed by atoms with Crippen molar-refractivity contribution in [2.45, 2.75) is 18.9 Å². The van der Waals surface area contributed by atoms with Crippen LogP contribution in [-0.2, 0) is 9.84 Å². The molecule has 3 aromatic rings. The number of fused-ring (bicyclic) bond motifs is 3. The summed E-state index contributed by atoms with van der Waals surface area (Å²) in [7, 11) is -2.82. The quantitative estimate of drug-likeness (QED) is 0.785. The molecule has 0 bridgehead atoms. The zero-order valence-electron chi connectivity index (χ0n) is 12.1. The van der Waals surface area contributed by atoms with Gasteiger partial charge in [0.15, 0.2) is 0 Å². The van der Waals surface area contributed by atoms with Crippen molar-refractivity contribution in [1.29, 1.82) is 0 Å². The summed E-state index contributed by atoms with van der Waals surface area (Å²) in [5.74, 6) is 0.559. The minimum atomic E-state index is -2.82. The molecule has 0 saturated carbocycles. The van der Waals surface area contributed by atoms with Gasteiger partial charge in [0.05, 0.1) is 11.5 Å². The number of sulfone groups is 1. The molecule has 1 aromatic heterocycles. The Kier molecular flexibility index (Phi) is 3.11. The Balaban J connectivity index is 1.64. The summed E-state index contributed by atoms with van der Waals surface area (Å²) in [5.41, 5.74) is 2.78. The first-order chi connectivity index (χ1) is 10.6. The largest absolute Gasteiger partial charge is 0.456 e. The van der Waals surface area contributed by atoms with Crippen molar-refractivity contribution < 1.29 is 12.8 Å². The van der Waals surface area contributed by atoms with Gasteiger partial charge >= 0.3 is 0 Å². The molecule has 0 spiro atoms. The lowest BCUT2D eigenvalue weighted by Crippen LogP contribution is -2.32. The Morgan fingerprint density at radius 2 is 1.68 bits per heavy atom. The third kappa shape index (κ3) is 2.46. The molecule has 1 N–H and O–H groups in total. The van der Waals surface area contributed by atoms with E-state index in [0.717, 1.165) is 27.6 Å². The highest BCUT2D eigenvalue weighted by Crippen LogP contribution is 2.31. The molecule has 1 saturated heterocycles. The highest BCUT2D eigenvalue weighted by Gasteiger charge is 2.23. The number of nitrogens with one attached hydrogen (secondary N) is 1. The second-order valence-electron chi connectivity index (χ2n) is 5.88. The molecule has 0 radical (unpaired) electrons. The Labute approximate surface area is 129 Å². The zero-order chi connectivity index (χ0) is 15.2. The SMILES string of the molecule is O=S1(=O)CCC(Nc2ccc3oc4ccccc4c3c2)CC1. The van der Waals surface area contributed by atoms with Crippen molar-refractivity contribution in [2.24, 2.45) is 0 Å². The van der Waals surface area contributed by atoms with E-state index in [9.17, 15) is 8.42 Å². The van der Waals surface area contributed by atoms with E-state index in [0.29, 0.717) is 12.8 Å². The molecule has 22 heavy (non-hydrogen) atoms. The van der Waals surface area contributed by atoms with Gasteiger partial charge in [0.1, 0.15) is 21.0 Å². The summed E-state index contributed by atoms with van der Waals surface area (Å²) < 4.78 is 28.8. The summed E-state index contributed by atoms with van der Waals surface area (Å²) in [6.45, 7) is 0. The van der Waals surface area contributed by atoms with Gasteiger partial charge in [-0.25, -0.2) is 8.42 Å². The van der Waals surface area contributed by atoms with Crippen LogP contribution in [-0.4, -0.2) is 26.0 Å². The van der Waals surface area contributed by atoms with Crippen molar-refractivity contribution >= 4 is 37.5 Å². The standard InChI is InChI=1S/C17H17NO3S/c19-22(20)9-7-12(8-10-22)18-13-5-6-17-15(11-13)14-3-1-2-4-16(14)21-17/h1-6,11-12,18H,7-10H2. The van der Waals surface area contributed by atoms with Crippen LogP contribution in [0.1, 0.15) is 12.8 Å². The minimum absolute atomic E-state index is 0.221. The first-order valence-electron chi connectivity index (χ1n) is 7.49. The normalized spacial score (nSPS) is 18.7. The van der Waals surface area contributed by atoms with E-state index in [1.807, 2.05) is 30.3 Å². The van der Waals surface area contributed by atoms with Crippen LogP contribution in [0.3, 0.4) is 0 Å². The molecule has 4 rings (SSSR count). The van der Waals surface area contributed by atoms with E-state index in [-0.39, 0.29) is 17.5 Å². The molecular formula is C17H17NO3S. The summed E-state index contributed by atoms with van der Waals surface area (Å²) in [6.07, 6.45) is 1.35. The maximum Gasteiger partial charge on any atom is 0.150 e. The minimum Gasteiger partial charge on any atom is -0.456 e. The van der Waals surface area contributed by atoms with Crippen LogP contribution in [0.4, 0.5) is 5.69 Å². The van der Waals surface area contributed by atoms with Crippen LogP contribution in [0.25, 0.3) is 21.9 Å². The van der Waals surface area contributed by atoms with Gasteiger partial charge in [-0.15, -0.1) is 0 Å². The van der Waals surface area contributed by atoms with Gasteiger partial charge in [-0.3, -0.25) is 0 Å². The van der Waals surface area contributed by atoms with Gasteiger partial charge < -0.3 is 9.73 Å². The van der Waals surface area contributed by atoms with Gasteiger partial charge in [0.2, 0.25) is 0 Å². The average molecular weight is 315 g/mol. The summed E-state index contributed by atoms with van der Waals surface area (Å²) in [6, 6.07) is 14.3. The molecule has 1 aliphatic rings. The van der Waals surface area contributed by atoms with E-state index in [4.69, 9.17) is 4.42 Å². The number of para-hydroxylation sites is 1. The van der Waals surface area contributed by atoms with E-state index < -0.39 is 9.84 Å². The molecule has 1 aliphatic heterocycles. The number of hydrogen-bond donors (Lipinski definition) is 1. The number of furan rings is 1. The topological polar surface area (TPSA) is 59.3 Å². The first kappa shape index (κ1) is 13.6. The van der Waals surface area contributed by atoms with E-state index in [1.165, 1.54) is 0 Å². The van der Waals surface area contributed by atoms with Gasteiger partial charge in [0, 0.05) is 22.5 Å². The van der Waals surface area contributed by atoms with Gasteiger partial charge in [-0.2, -0.15) is 0 Å². The van der Waals surface area contributed by atoms with Crippen LogP contribution >= 0.6 is 0 Å². The Morgan fingerprint density at radius 3 is 2.50 bits per heavy atom. The molecular weight excluding hydrogens is 298 g/mol. The second-order valence-corrected chi connectivity index (χ2v) is 8.18. The Morgan fingerprint density at radius 1 is 0.955 bits per heavy atom. The van der Waals surface area contributed by atoms with Gasteiger partial charge in [0.25, 0.3) is 0 Å². The lowest BCUT2D eigenvalue weighted by atomic mass is 10.1. The molecule has 0 aliphatic carbocycles. The van der Waals surface area contributed by atoms with Crippen LogP contribution in [0, 0.1) is 0 Å². The molecule has 0 amide bonds. The summed E-state index contributed by atoms with van der Waals surface area (Å²) in [5, 5.41) is 5.65. The lowest BCUT2D eigenvalue weighted by molar-refractivity contribution is 0.559. The summed E-state index contributed by atoms with van der Waals surface area (Å²) in [4.78, 5) is 0. The van der Waals surface area contributed by atoms with E-state index in [2.05, 4.69) is 17.4 Å². The van der Waals surface area contributed by atoms with Crippen LogP contribution in [0.5, 0.6) is 0 Å². The van der Waals surface area contributed by atoms with Crippen LogP contribution in [0.15, 0.2) is 46.9 Å². The zero-order valence-corrected chi connectivity index (χ0v) is 12.9. The molecule has 114 valence electrons. The maximum atomic E-state index is 11.5. The predicted molar refractivity (Wildman–Crippen MR) is 89.0 cm³/mol. The van der Waals surface area contributed by atoms with Crippen molar-refractivity contribution in [1.82, 2.24) is 0 Å². The summed E-state index contributed by atoms with van der Waals surface area (Å²) >= 11 is 0. The molecule has 5 heteroatoms. The highest BCUT2D eigenvalue weighted by atomic mass is 32.2. The monoisotopic (exact) mass is 315 g/mol. The molecule has 2 heterocycles. The molecule has 2 aromatic carbocycles. The van der Waals surface area contributed by atoms with Gasteiger partial charge in [-0.1, -0.05) is 18.2 Å². The van der Waals surface area contributed by atoms with E-state index >= 15 is 0 Å². The van der Waals surface area contributed by atoms with Crippen molar-refractivity contribution in [2.75, 3.05) is 16.8 Å². The smallest absolute Gasteiger partial charge is 0.150 e. The first-order valence-corrected chi connectivity index (χ1v) is 9.31. The molecule has 4 nitrogen and oxygen atoms in total. The average Bonchev–Trinajstić information content (AvgIpc) is 2.88. The lowest BCUT2D eigenvalue weighted by Gasteiger charge is -2.24. The number of hydrogen-bond acceptors (Lipinski definition) is 4. The van der Waals surface area contributed by atoms with Crippen molar-refractivity contribution in [3.05, 3.63) is 42.5 Å². The molecule has 0 unspecified atom stereocenters. The number of benzene rings is 2. The maximum absolute atomic E-state index is 11.5.